The second-order valence-electron chi connectivity index (χ2n) is 6.22. The zero-order valence-corrected chi connectivity index (χ0v) is 15.1. The molecule has 2 amide bonds. The molecule has 6 heteroatoms. The van der Waals surface area contributed by atoms with Gasteiger partial charge in [0, 0.05) is 12.2 Å². The van der Waals surface area contributed by atoms with Gasteiger partial charge in [0.05, 0.1) is 19.9 Å². The highest BCUT2D eigenvalue weighted by Gasteiger charge is 2.38. The Morgan fingerprint density at radius 1 is 1.12 bits per heavy atom. The predicted molar refractivity (Wildman–Crippen MR) is 99.8 cm³/mol. The number of amides is 2. The summed E-state index contributed by atoms with van der Waals surface area (Å²) in [6.45, 7) is 2.44. The predicted octanol–water partition coefficient (Wildman–Crippen LogP) is 3.00. The molecular weight excluding hydrogens is 332 g/mol. The summed E-state index contributed by atoms with van der Waals surface area (Å²) >= 11 is 0. The molecule has 1 aliphatic heterocycles. The number of carbonyl (C=O) groups excluding carboxylic acids is 2. The van der Waals surface area contributed by atoms with E-state index in [-0.39, 0.29) is 11.8 Å². The van der Waals surface area contributed by atoms with E-state index >= 15 is 0 Å². The van der Waals surface area contributed by atoms with Crippen LogP contribution in [0.1, 0.15) is 12.0 Å². The van der Waals surface area contributed by atoms with Crippen molar-refractivity contribution in [3.05, 3.63) is 48.0 Å². The number of anilines is 2. The van der Waals surface area contributed by atoms with E-state index in [9.17, 15) is 9.59 Å². The molecule has 0 aliphatic carbocycles. The lowest BCUT2D eigenvalue weighted by atomic mass is 10.1. The van der Waals surface area contributed by atoms with Gasteiger partial charge in [0.2, 0.25) is 11.8 Å². The first-order valence-electron chi connectivity index (χ1n) is 8.44. The number of ether oxygens (including phenoxy) is 2. The molecule has 2 aromatic rings. The Balaban J connectivity index is 1.74. The minimum atomic E-state index is -0.706. The third-order valence-electron chi connectivity index (χ3n) is 4.50. The van der Waals surface area contributed by atoms with Crippen LogP contribution in [0.25, 0.3) is 0 Å². The maximum absolute atomic E-state index is 12.8. The molecule has 1 aliphatic rings. The number of hydrogen-bond acceptors (Lipinski definition) is 4. The first-order chi connectivity index (χ1) is 12.5. The maximum atomic E-state index is 12.8. The van der Waals surface area contributed by atoms with Gasteiger partial charge in [0.25, 0.3) is 0 Å². The van der Waals surface area contributed by atoms with Gasteiger partial charge in [-0.2, -0.15) is 0 Å². The fraction of sp³-hybridized carbons (Fsp3) is 0.300. The molecule has 0 saturated carbocycles. The molecule has 6 nitrogen and oxygen atoms in total. The molecule has 0 bridgehead atoms. The van der Waals surface area contributed by atoms with Crippen molar-refractivity contribution in [1.82, 2.24) is 0 Å². The molecule has 1 heterocycles. The van der Waals surface area contributed by atoms with E-state index in [2.05, 4.69) is 5.32 Å². The normalized spacial score (nSPS) is 16.5. The number of methoxy groups -OCH3 is 2. The molecule has 136 valence electrons. The monoisotopic (exact) mass is 354 g/mol. The average molecular weight is 354 g/mol. The van der Waals surface area contributed by atoms with Crippen LogP contribution in [0.15, 0.2) is 42.5 Å². The smallest absolute Gasteiger partial charge is 0.239 e. The van der Waals surface area contributed by atoms with Gasteiger partial charge in [-0.3, -0.25) is 9.59 Å². The number of benzene rings is 2. The molecule has 1 unspecified atom stereocenters. The van der Waals surface area contributed by atoms with Crippen molar-refractivity contribution >= 4 is 23.2 Å². The Morgan fingerprint density at radius 3 is 2.50 bits per heavy atom. The summed E-state index contributed by atoms with van der Waals surface area (Å²) in [5, 5.41) is 2.80. The second kappa shape index (κ2) is 7.47. The highest BCUT2D eigenvalue weighted by Crippen LogP contribution is 2.34. The lowest BCUT2D eigenvalue weighted by Crippen LogP contribution is -2.33. The van der Waals surface area contributed by atoms with Crippen LogP contribution in [0.3, 0.4) is 0 Å². The van der Waals surface area contributed by atoms with Crippen LogP contribution >= 0.6 is 0 Å². The minimum Gasteiger partial charge on any atom is -0.497 e. The molecule has 26 heavy (non-hydrogen) atoms. The minimum absolute atomic E-state index is 0.208. The van der Waals surface area contributed by atoms with E-state index in [1.165, 1.54) is 0 Å². The van der Waals surface area contributed by atoms with Crippen molar-refractivity contribution in [2.45, 2.75) is 13.3 Å². The van der Waals surface area contributed by atoms with E-state index in [0.29, 0.717) is 35.8 Å². The molecule has 1 atom stereocenters. The summed E-state index contributed by atoms with van der Waals surface area (Å²) in [7, 11) is 3.15. The molecular formula is C20H22N2O4. The number of hydrogen-bond donors (Lipinski definition) is 1. The molecule has 0 radical (unpaired) electrons. The van der Waals surface area contributed by atoms with E-state index in [1.807, 2.05) is 25.1 Å². The molecule has 3 rings (SSSR count). The van der Waals surface area contributed by atoms with Gasteiger partial charge in [0.1, 0.15) is 17.4 Å². The van der Waals surface area contributed by atoms with Gasteiger partial charge in [-0.1, -0.05) is 6.07 Å². The summed E-state index contributed by atoms with van der Waals surface area (Å²) in [4.78, 5) is 27.0. The van der Waals surface area contributed by atoms with Gasteiger partial charge in [-0.25, -0.2) is 0 Å². The van der Waals surface area contributed by atoms with E-state index < -0.39 is 5.92 Å². The summed E-state index contributed by atoms with van der Waals surface area (Å²) in [6.07, 6.45) is 0.470. The number of aryl methyl sites for hydroxylation is 1. The third kappa shape index (κ3) is 3.49. The quantitative estimate of drug-likeness (QED) is 0.838. The van der Waals surface area contributed by atoms with Crippen LogP contribution in [0.2, 0.25) is 0 Å². The summed E-state index contributed by atoms with van der Waals surface area (Å²) in [6, 6.07) is 12.7. The topological polar surface area (TPSA) is 67.9 Å². The molecule has 2 aromatic carbocycles. The van der Waals surface area contributed by atoms with Crippen LogP contribution in [0.4, 0.5) is 11.4 Å². The number of rotatable bonds is 5. The van der Waals surface area contributed by atoms with Crippen molar-refractivity contribution in [2.75, 3.05) is 31.0 Å². The Hall–Kier alpha value is -3.02. The first-order valence-corrected chi connectivity index (χ1v) is 8.44. The molecule has 0 spiro atoms. The molecule has 0 aromatic heterocycles. The van der Waals surface area contributed by atoms with E-state index in [0.717, 1.165) is 5.56 Å². The Bertz CT molecular complexity index is 817. The second-order valence-corrected chi connectivity index (χ2v) is 6.22. The van der Waals surface area contributed by atoms with Crippen molar-refractivity contribution in [2.24, 2.45) is 5.92 Å². The lowest BCUT2D eigenvalue weighted by molar-refractivity contribution is -0.129. The summed E-state index contributed by atoms with van der Waals surface area (Å²) in [5.41, 5.74) is 2.37. The first kappa shape index (κ1) is 17.8. The van der Waals surface area contributed by atoms with Crippen molar-refractivity contribution in [3.63, 3.8) is 0 Å². The maximum Gasteiger partial charge on any atom is 0.239 e. The van der Waals surface area contributed by atoms with E-state index in [4.69, 9.17) is 9.47 Å². The van der Waals surface area contributed by atoms with Gasteiger partial charge < -0.3 is 19.7 Å². The molecule has 1 N–H and O–H groups in total. The fourth-order valence-electron chi connectivity index (χ4n) is 3.08. The van der Waals surface area contributed by atoms with Crippen molar-refractivity contribution in [3.8, 4) is 11.5 Å². The van der Waals surface area contributed by atoms with Crippen molar-refractivity contribution in [1.29, 1.82) is 0 Å². The van der Waals surface area contributed by atoms with E-state index in [1.54, 1.807) is 43.4 Å². The number of nitrogens with one attached hydrogen (secondary N) is 1. The highest BCUT2D eigenvalue weighted by atomic mass is 16.5. The highest BCUT2D eigenvalue weighted by molar-refractivity contribution is 6.13. The zero-order chi connectivity index (χ0) is 18.7. The van der Waals surface area contributed by atoms with Gasteiger partial charge in [-0.05, 0) is 55.3 Å². The number of carbonyl (C=O) groups is 2. The average Bonchev–Trinajstić information content (AvgIpc) is 3.03. The third-order valence-corrected chi connectivity index (χ3v) is 4.50. The van der Waals surface area contributed by atoms with Crippen LogP contribution in [-0.2, 0) is 9.59 Å². The van der Waals surface area contributed by atoms with Crippen LogP contribution in [0, 0.1) is 12.8 Å². The summed E-state index contributed by atoms with van der Waals surface area (Å²) < 4.78 is 10.5. The SMILES string of the molecule is COc1ccc(NC(=O)C2CCN(c3cc(C)ccc3OC)C2=O)cc1. The molecule has 1 fully saturated rings. The Labute approximate surface area is 152 Å². The van der Waals surface area contributed by atoms with Gasteiger partial charge >= 0.3 is 0 Å². The van der Waals surface area contributed by atoms with Crippen LogP contribution in [0.5, 0.6) is 11.5 Å². The lowest BCUT2D eigenvalue weighted by Gasteiger charge is -2.20. The zero-order valence-electron chi connectivity index (χ0n) is 15.1. The summed E-state index contributed by atoms with van der Waals surface area (Å²) in [5.74, 6) is 0.120. The standard InChI is InChI=1S/C20H22N2O4/c1-13-4-9-18(26-3)17(12-13)22-11-10-16(20(22)24)19(23)21-14-5-7-15(25-2)8-6-14/h4-9,12,16H,10-11H2,1-3H3,(H,21,23). The Kier molecular flexibility index (Phi) is 5.11. The van der Waals surface area contributed by atoms with Gasteiger partial charge in [-0.15, -0.1) is 0 Å². The van der Waals surface area contributed by atoms with Crippen molar-refractivity contribution < 1.29 is 19.1 Å². The van der Waals surface area contributed by atoms with Crippen LogP contribution in [-0.4, -0.2) is 32.6 Å². The molecule has 1 saturated heterocycles. The Morgan fingerprint density at radius 2 is 1.85 bits per heavy atom. The fourth-order valence-corrected chi connectivity index (χ4v) is 3.08. The number of nitrogens with zero attached hydrogens (tertiary/aromatic N) is 1. The van der Waals surface area contributed by atoms with Crippen LogP contribution < -0.4 is 19.7 Å². The van der Waals surface area contributed by atoms with Gasteiger partial charge in [0.15, 0.2) is 0 Å². The largest absolute Gasteiger partial charge is 0.497 e.